The lowest BCUT2D eigenvalue weighted by molar-refractivity contribution is 0.771. The second kappa shape index (κ2) is 2.45. The van der Waals surface area contributed by atoms with Gasteiger partial charge in [0, 0.05) is 6.42 Å². The first-order valence-electron chi connectivity index (χ1n) is 3.76. The molecule has 2 aliphatic rings. The molecule has 0 nitrogen and oxygen atoms in total. The molecule has 0 aliphatic heterocycles. The minimum atomic E-state index is 0.662. The molecule has 1 saturated carbocycles. The maximum atomic E-state index is 3.36. The summed E-state index contributed by atoms with van der Waals surface area (Å²) in [6, 6.07) is 0. The zero-order valence-corrected chi connectivity index (χ0v) is 5.88. The molecule has 0 amide bonds. The Kier molecular flexibility index (Phi) is 1.46. The van der Waals surface area contributed by atoms with Crippen molar-refractivity contribution in [3.63, 3.8) is 0 Å². The second-order valence-corrected chi connectivity index (χ2v) is 2.71. The van der Waals surface area contributed by atoms with E-state index >= 15 is 0 Å². The summed E-state index contributed by atoms with van der Waals surface area (Å²) in [5.41, 5.74) is 1.38. The van der Waals surface area contributed by atoms with Crippen molar-refractivity contribution in [3.8, 4) is 0 Å². The standard InChI is InChI=1S/C10H10/c1-2-5-9-7-4-8-10(9)6-3-1/h1-3,5-6,9H,4,7H2. The fourth-order valence-electron chi connectivity index (χ4n) is 1.46. The lowest BCUT2D eigenvalue weighted by atomic mass is 10.0. The average Bonchev–Trinajstić information content (AvgIpc) is 2.28. The van der Waals surface area contributed by atoms with Gasteiger partial charge in [0.2, 0.25) is 0 Å². The van der Waals surface area contributed by atoms with Crippen LogP contribution < -0.4 is 0 Å². The molecule has 2 aliphatic carbocycles. The lowest BCUT2D eigenvalue weighted by Gasteiger charge is -2.01. The highest BCUT2D eigenvalue weighted by Gasteiger charge is 2.18. The molecule has 2 rings (SSSR count). The van der Waals surface area contributed by atoms with Crippen molar-refractivity contribution in [2.24, 2.45) is 5.92 Å². The third-order valence-corrected chi connectivity index (χ3v) is 2.03. The minimum absolute atomic E-state index is 0.662. The molecule has 2 radical (unpaired) electrons. The lowest BCUT2D eigenvalue weighted by Crippen LogP contribution is -1.88. The largest absolute Gasteiger partial charge is 0.0773 e. The summed E-state index contributed by atoms with van der Waals surface area (Å²) in [5.74, 6) is 0.662. The molecule has 0 heteroatoms. The Morgan fingerprint density at radius 3 is 3.30 bits per heavy atom. The van der Waals surface area contributed by atoms with Gasteiger partial charge >= 0.3 is 0 Å². The van der Waals surface area contributed by atoms with E-state index in [2.05, 4.69) is 36.8 Å². The first-order valence-corrected chi connectivity index (χ1v) is 3.76. The van der Waals surface area contributed by atoms with Gasteiger partial charge in [-0.05, 0) is 18.8 Å². The molecule has 0 aromatic rings. The van der Waals surface area contributed by atoms with Crippen LogP contribution in [0.3, 0.4) is 0 Å². The van der Waals surface area contributed by atoms with Crippen LogP contribution in [0.4, 0.5) is 0 Å². The van der Waals surface area contributed by atoms with E-state index in [0.29, 0.717) is 5.92 Å². The fraction of sp³-hybridized carbons (Fsp3) is 0.300. The molecule has 1 fully saturated rings. The Labute approximate surface area is 61.9 Å². The van der Waals surface area contributed by atoms with E-state index in [1.807, 2.05) is 0 Å². The van der Waals surface area contributed by atoms with E-state index in [1.54, 1.807) is 0 Å². The van der Waals surface area contributed by atoms with E-state index in [4.69, 9.17) is 0 Å². The van der Waals surface area contributed by atoms with E-state index in [9.17, 15) is 0 Å². The summed E-state index contributed by atoms with van der Waals surface area (Å²) >= 11 is 0. The van der Waals surface area contributed by atoms with Crippen LogP contribution in [-0.4, -0.2) is 0 Å². The number of rotatable bonds is 0. The monoisotopic (exact) mass is 130 g/mol. The first kappa shape index (κ1) is 5.96. The summed E-state index contributed by atoms with van der Waals surface area (Å²) in [6.45, 7) is 0. The molecule has 0 spiro atoms. The number of fused-ring (bicyclic) bond motifs is 1. The SMILES string of the molecule is [C]1CCC2C=CC=CC=C12. The van der Waals surface area contributed by atoms with Crippen LogP contribution in [0.25, 0.3) is 0 Å². The molecule has 0 heterocycles. The van der Waals surface area contributed by atoms with Gasteiger partial charge in [-0.25, -0.2) is 0 Å². The predicted octanol–water partition coefficient (Wildman–Crippen LogP) is 2.53. The Morgan fingerprint density at radius 2 is 2.30 bits per heavy atom. The fourth-order valence-corrected chi connectivity index (χ4v) is 1.46. The maximum absolute atomic E-state index is 3.36. The minimum Gasteiger partial charge on any atom is -0.0773 e. The Hall–Kier alpha value is -0.780. The van der Waals surface area contributed by atoms with Crippen molar-refractivity contribution < 1.29 is 0 Å². The van der Waals surface area contributed by atoms with Crippen molar-refractivity contribution in [1.29, 1.82) is 0 Å². The predicted molar refractivity (Wildman–Crippen MR) is 42.3 cm³/mol. The molecule has 1 unspecified atom stereocenters. The first-order chi connectivity index (χ1) is 4.97. The van der Waals surface area contributed by atoms with E-state index in [0.717, 1.165) is 6.42 Å². The Balaban J connectivity index is 2.29. The van der Waals surface area contributed by atoms with Crippen LogP contribution >= 0.6 is 0 Å². The van der Waals surface area contributed by atoms with Crippen molar-refractivity contribution in [2.75, 3.05) is 0 Å². The van der Waals surface area contributed by atoms with Gasteiger partial charge < -0.3 is 0 Å². The molecular formula is C10H10. The van der Waals surface area contributed by atoms with Gasteiger partial charge in [-0.3, -0.25) is 0 Å². The maximum Gasteiger partial charge on any atom is 0.0127 e. The zero-order valence-electron chi connectivity index (χ0n) is 5.88. The quantitative estimate of drug-likeness (QED) is 0.472. The molecule has 0 aromatic heterocycles. The Morgan fingerprint density at radius 1 is 1.30 bits per heavy atom. The van der Waals surface area contributed by atoms with Crippen LogP contribution in [0.1, 0.15) is 12.8 Å². The summed E-state index contributed by atoms with van der Waals surface area (Å²) in [7, 11) is 0. The molecule has 0 N–H and O–H groups in total. The number of allylic oxidation sites excluding steroid dienone is 6. The summed E-state index contributed by atoms with van der Waals surface area (Å²) < 4.78 is 0. The molecule has 0 saturated heterocycles. The van der Waals surface area contributed by atoms with Gasteiger partial charge in [0.05, 0.1) is 0 Å². The van der Waals surface area contributed by atoms with Gasteiger partial charge in [-0.15, -0.1) is 0 Å². The van der Waals surface area contributed by atoms with Gasteiger partial charge in [0.1, 0.15) is 0 Å². The Bertz CT molecular complexity index is 206. The van der Waals surface area contributed by atoms with Crippen molar-refractivity contribution >= 4 is 0 Å². The third kappa shape index (κ3) is 0.942. The summed E-state index contributed by atoms with van der Waals surface area (Å²) in [6.07, 6.45) is 16.5. The molecule has 1 atom stereocenters. The van der Waals surface area contributed by atoms with Gasteiger partial charge in [0.15, 0.2) is 0 Å². The van der Waals surface area contributed by atoms with E-state index < -0.39 is 0 Å². The number of hydrogen-bond acceptors (Lipinski definition) is 0. The summed E-state index contributed by atoms with van der Waals surface area (Å²) in [5, 5.41) is 0. The number of hydrogen-bond donors (Lipinski definition) is 0. The van der Waals surface area contributed by atoms with Crippen molar-refractivity contribution in [1.82, 2.24) is 0 Å². The van der Waals surface area contributed by atoms with Gasteiger partial charge in [0.25, 0.3) is 0 Å². The molecular weight excluding hydrogens is 120 g/mol. The normalized spacial score (nSPS) is 29.6. The smallest absolute Gasteiger partial charge is 0.0127 e. The van der Waals surface area contributed by atoms with Gasteiger partial charge in [-0.2, -0.15) is 0 Å². The van der Waals surface area contributed by atoms with Crippen molar-refractivity contribution in [2.45, 2.75) is 12.8 Å². The average molecular weight is 130 g/mol. The van der Waals surface area contributed by atoms with Gasteiger partial charge in [-0.1, -0.05) is 36.0 Å². The van der Waals surface area contributed by atoms with E-state index in [1.165, 1.54) is 12.0 Å². The topological polar surface area (TPSA) is 0 Å². The highest BCUT2D eigenvalue weighted by Crippen LogP contribution is 2.31. The molecule has 50 valence electrons. The van der Waals surface area contributed by atoms with Crippen LogP contribution in [0.2, 0.25) is 0 Å². The van der Waals surface area contributed by atoms with Crippen LogP contribution in [0.15, 0.2) is 36.0 Å². The zero-order chi connectivity index (χ0) is 6.81. The third-order valence-electron chi connectivity index (χ3n) is 2.03. The molecule has 0 aromatic carbocycles. The highest BCUT2D eigenvalue weighted by atomic mass is 14.2. The highest BCUT2D eigenvalue weighted by molar-refractivity contribution is 5.34. The van der Waals surface area contributed by atoms with Crippen LogP contribution in [0, 0.1) is 12.3 Å². The van der Waals surface area contributed by atoms with E-state index in [-0.39, 0.29) is 0 Å². The van der Waals surface area contributed by atoms with Crippen molar-refractivity contribution in [3.05, 3.63) is 42.4 Å². The van der Waals surface area contributed by atoms with Crippen LogP contribution in [-0.2, 0) is 0 Å². The summed E-state index contributed by atoms with van der Waals surface area (Å²) in [4.78, 5) is 0. The molecule has 10 heavy (non-hydrogen) atoms. The molecule has 0 bridgehead atoms. The second-order valence-electron chi connectivity index (χ2n) is 2.71. The van der Waals surface area contributed by atoms with Crippen LogP contribution in [0.5, 0.6) is 0 Å².